The van der Waals surface area contributed by atoms with Gasteiger partial charge in [-0.1, -0.05) is 28.1 Å². The molecule has 1 aliphatic rings. The van der Waals surface area contributed by atoms with Crippen molar-refractivity contribution in [3.05, 3.63) is 58.5 Å². The number of carbonyl (C=O) groups excluding carboxylic acids is 2. The summed E-state index contributed by atoms with van der Waals surface area (Å²) in [5.41, 5.74) is -0.263. The first-order valence-electron chi connectivity index (χ1n) is 6.43. The average Bonchev–Trinajstić information content (AvgIpc) is 3.06. The van der Waals surface area contributed by atoms with Crippen molar-refractivity contribution in [1.82, 2.24) is 10.2 Å². The fourth-order valence-electron chi connectivity index (χ4n) is 2.34. The Labute approximate surface area is 130 Å². The van der Waals surface area contributed by atoms with Crippen molar-refractivity contribution in [1.29, 1.82) is 0 Å². The molecule has 1 aromatic carbocycles. The maximum atomic E-state index is 12.6. The molecule has 0 saturated carbocycles. The number of nitrogens with zero attached hydrogens (tertiary/aromatic N) is 1. The van der Waals surface area contributed by atoms with Crippen LogP contribution in [0.3, 0.4) is 0 Å². The van der Waals surface area contributed by atoms with E-state index in [1.165, 1.54) is 11.2 Å². The minimum atomic E-state index is -1.14. The fraction of sp³-hybridized carbons (Fsp3) is 0.200. The molecule has 0 aliphatic carbocycles. The van der Waals surface area contributed by atoms with Crippen LogP contribution in [0.5, 0.6) is 0 Å². The minimum Gasteiger partial charge on any atom is -0.466 e. The molecule has 0 radical (unpaired) electrons. The lowest BCUT2D eigenvalue weighted by molar-refractivity contribution is -0.132. The Morgan fingerprint density at radius 1 is 1.24 bits per heavy atom. The first-order chi connectivity index (χ1) is 10.0. The van der Waals surface area contributed by atoms with Gasteiger partial charge in [-0.2, -0.15) is 0 Å². The highest BCUT2D eigenvalue weighted by molar-refractivity contribution is 9.10. The van der Waals surface area contributed by atoms with Crippen LogP contribution in [0.2, 0.25) is 0 Å². The van der Waals surface area contributed by atoms with E-state index in [4.69, 9.17) is 4.42 Å². The molecule has 2 aromatic rings. The summed E-state index contributed by atoms with van der Waals surface area (Å²) in [6.07, 6.45) is 1.48. The highest BCUT2D eigenvalue weighted by Gasteiger charge is 2.50. The third-order valence-electron chi connectivity index (χ3n) is 3.54. The van der Waals surface area contributed by atoms with Crippen LogP contribution in [0, 0.1) is 0 Å². The lowest BCUT2D eigenvalue weighted by atomic mass is 9.99. The number of nitrogens with one attached hydrogen (secondary N) is 1. The highest BCUT2D eigenvalue weighted by atomic mass is 79.9. The minimum absolute atomic E-state index is 0.230. The normalized spacial score (nSPS) is 21.7. The largest absolute Gasteiger partial charge is 0.466 e. The first-order valence-corrected chi connectivity index (χ1v) is 7.22. The number of hydrogen-bond donors (Lipinski definition) is 1. The van der Waals surface area contributed by atoms with E-state index in [-0.39, 0.29) is 12.5 Å². The Morgan fingerprint density at radius 3 is 2.57 bits per heavy atom. The maximum absolute atomic E-state index is 12.6. The van der Waals surface area contributed by atoms with Gasteiger partial charge in [0.1, 0.15) is 5.76 Å². The third kappa shape index (κ3) is 2.35. The van der Waals surface area contributed by atoms with Crippen molar-refractivity contribution in [2.45, 2.75) is 19.0 Å². The van der Waals surface area contributed by atoms with Crippen molar-refractivity contribution in [2.75, 3.05) is 0 Å². The van der Waals surface area contributed by atoms with Crippen molar-refractivity contribution in [2.24, 2.45) is 0 Å². The van der Waals surface area contributed by atoms with Crippen LogP contribution in [-0.2, 0) is 16.9 Å². The van der Waals surface area contributed by atoms with E-state index in [2.05, 4.69) is 21.2 Å². The molecule has 1 fully saturated rings. The van der Waals surface area contributed by atoms with Gasteiger partial charge in [0.15, 0.2) is 5.54 Å². The molecule has 21 heavy (non-hydrogen) atoms. The number of halogens is 1. The molecule has 3 amide bonds. The Hall–Kier alpha value is -2.08. The summed E-state index contributed by atoms with van der Waals surface area (Å²) in [7, 11) is 0. The molecule has 0 bridgehead atoms. The summed E-state index contributed by atoms with van der Waals surface area (Å²) in [6, 6.07) is 10.4. The zero-order chi connectivity index (χ0) is 15.0. The van der Waals surface area contributed by atoms with Crippen LogP contribution in [0.25, 0.3) is 0 Å². The molecule has 3 rings (SSSR count). The molecular weight excluding hydrogens is 336 g/mol. The van der Waals surface area contributed by atoms with Gasteiger partial charge in [0, 0.05) is 4.47 Å². The SMILES string of the molecule is CC1(c2ccco2)NC(=O)N(Cc2ccc(Br)cc2)C1=O. The van der Waals surface area contributed by atoms with Crippen LogP contribution in [0.15, 0.2) is 51.6 Å². The number of carbonyl (C=O) groups is 2. The molecule has 1 atom stereocenters. The quantitative estimate of drug-likeness (QED) is 0.867. The molecular formula is C15H13BrN2O3. The standard InChI is InChI=1S/C15H13BrN2O3/c1-15(12-3-2-8-21-12)13(19)18(14(20)17-15)9-10-4-6-11(16)7-5-10/h2-8H,9H2,1H3,(H,17,20). The van der Waals surface area contributed by atoms with E-state index < -0.39 is 11.6 Å². The molecule has 6 heteroatoms. The van der Waals surface area contributed by atoms with Crippen molar-refractivity contribution < 1.29 is 14.0 Å². The van der Waals surface area contributed by atoms with Crippen molar-refractivity contribution in [3.8, 4) is 0 Å². The van der Waals surface area contributed by atoms with E-state index in [0.29, 0.717) is 5.76 Å². The predicted molar refractivity (Wildman–Crippen MR) is 79.3 cm³/mol. The van der Waals surface area contributed by atoms with E-state index in [9.17, 15) is 9.59 Å². The lowest BCUT2D eigenvalue weighted by Crippen LogP contribution is -2.40. The summed E-state index contributed by atoms with van der Waals surface area (Å²) >= 11 is 3.35. The second-order valence-electron chi connectivity index (χ2n) is 5.05. The maximum Gasteiger partial charge on any atom is 0.325 e. The van der Waals surface area contributed by atoms with Gasteiger partial charge in [0.05, 0.1) is 12.8 Å². The number of hydrogen-bond acceptors (Lipinski definition) is 3. The molecule has 1 unspecified atom stereocenters. The number of rotatable bonds is 3. The predicted octanol–water partition coefficient (Wildman–Crippen LogP) is 3.01. The summed E-state index contributed by atoms with van der Waals surface area (Å²) in [4.78, 5) is 25.9. The molecule has 1 aromatic heterocycles. The average molecular weight is 349 g/mol. The van der Waals surface area contributed by atoms with Crippen LogP contribution in [0.1, 0.15) is 18.2 Å². The molecule has 0 spiro atoms. The Balaban J connectivity index is 1.86. The van der Waals surface area contributed by atoms with Crippen LogP contribution >= 0.6 is 15.9 Å². The monoisotopic (exact) mass is 348 g/mol. The highest BCUT2D eigenvalue weighted by Crippen LogP contribution is 2.30. The zero-order valence-corrected chi connectivity index (χ0v) is 12.9. The van der Waals surface area contributed by atoms with Crippen LogP contribution < -0.4 is 5.32 Å². The van der Waals surface area contributed by atoms with E-state index in [1.807, 2.05) is 24.3 Å². The Morgan fingerprint density at radius 2 is 1.95 bits per heavy atom. The molecule has 1 N–H and O–H groups in total. The summed E-state index contributed by atoms with van der Waals surface area (Å²) < 4.78 is 6.23. The number of furan rings is 1. The molecule has 1 aliphatic heterocycles. The van der Waals surface area contributed by atoms with E-state index >= 15 is 0 Å². The van der Waals surface area contributed by atoms with E-state index in [0.717, 1.165) is 10.0 Å². The van der Waals surface area contributed by atoms with Crippen LogP contribution in [-0.4, -0.2) is 16.8 Å². The topological polar surface area (TPSA) is 62.6 Å². The van der Waals surface area contributed by atoms with Crippen LogP contribution in [0.4, 0.5) is 4.79 Å². The summed E-state index contributed by atoms with van der Waals surface area (Å²) in [5, 5.41) is 2.70. The molecule has 5 nitrogen and oxygen atoms in total. The van der Waals surface area contributed by atoms with Gasteiger partial charge >= 0.3 is 6.03 Å². The lowest BCUT2D eigenvalue weighted by Gasteiger charge is -2.19. The van der Waals surface area contributed by atoms with Gasteiger partial charge in [-0.3, -0.25) is 9.69 Å². The van der Waals surface area contributed by atoms with Gasteiger partial charge in [0.25, 0.3) is 5.91 Å². The summed E-state index contributed by atoms with van der Waals surface area (Å²) in [5.74, 6) is 0.115. The molecule has 108 valence electrons. The van der Waals surface area contributed by atoms with Gasteiger partial charge in [-0.25, -0.2) is 4.79 Å². The van der Waals surface area contributed by atoms with E-state index in [1.54, 1.807) is 19.1 Å². The molecule has 1 saturated heterocycles. The second-order valence-corrected chi connectivity index (χ2v) is 5.97. The first kappa shape index (κ1) is 13.9. The van der Waals surface area contributed by atoms with Gasteiger partial charge in [-0.15, -0.1) is 0 Å². The number of benzene rings is 1. The van der Waals surface area contributed by atoms with Gasteiger partial charge in [-0.05, 0) is 36.8 Å². The number of imide groups is 1. The van der Waals surface area contributed by atoms with Gasteiger partial charge in [0.2, 0.25) is 0 Å². The molecule has 2 heterocycles. The Kier molecular flexibility index (Phi) is 3.33. The fourth-order valence-corrected chi connectivity index (χ4v) is 2.61. The number of amides is 3. The smallest absolute Gasteiger partial charge is 0.325 e. The second kappa shape index (κ2) is 5.04. The number of urea groups is 1. The van der Waals surface area contributed by atoms with Crippen molar-refractivity contribution >= 4 is 27.9 Å². The zero-order valence-electron chi connectivity index (χ0n) is 11.3. The van der Waals surface area contributed by atoms with Crippen molar-refractivity contribution in [3.63, 3.8) is 0 Å². The Bertz CT molecular complexity index is 681. The third-order valence-corrected chi connectivity index (χ3v) is 4.07. The van der Waals surface area contributed by atoms with Gasteiger partial charge < -0.3 is 9.73 Å². The summed E-state index contributed by atoms with van der Waals surface area (Å²) in [6.45, 7) is 1.88.